The van der Waals surface area contributed by atoms with Crippen LogP contribution in [0, 0.1) is 0 Å². The molecule has 4 nitrogen and oxygen atoms in total. The molecule has 2 aromatic rings. The lowest BCUT2D eigenvalue weighted by Crippen LogP contribution is -2.22. The third kappa shape index (κ3) is 3.77. The van der Waals surface area contributed by atoms with Gasteiger partial charge in [0.05, 0.1) is 0 Å². The minimum Gasteiger partial charge on any atom is -0.326 e. The molecule has 0 bridgehead atoms. The Balaban J connectivity index is 2.09. The van der Waals surface area contributed by atoms with Crippen molar-refractivity contribution in [1.29, 1.82) is 0 Å². The third-order valence-corrected chi connectivity index (χ3v) is 5.61. The first kappa shape index (κ1) is 14.5. The molecule has 0 spiro atoms. The van der Waals surface area contributed by atoms with E-state index in [1.807, 2.05) is 6.07 Å². The average molecular weight is 317 g/mol. The summed E-state index contributed by atoms with van der Waals surface area (Å²) in [5, 5.41) is 2.33. The van der Waals surface area contributed by atoms with Crippen LogP contribution in [0.25, 0.3) is 0 Å². The van der Waals surface area contributed by atoms with Crippen molar-refractivity contribution in [3.63, 3.8) is 0 Å². The van der Waals surface area contributed by atoms with E-state index < -0.39 is 10.0 Å². The molecular weight excluding hydrogens is 304 g/mol. The monoisotopic (exact) mass is 316 g/mol. The van der Waals surface area contributed by atoms with Gasteiger partial charge in [-0.05, 0) is 34.7 Å². The number of hydrogen-bond acceptors (Lipinski definition) is 4. The molecule has 0 radical (unpaired) electrons. The van der Waals surface area contributed by atoms with Gasteiger partial charge in [-0.3, -0.25) is 0 Å². The number of rotatable bonds is 5. The number of thiophene rings is 1. The molecule has 102 valence electrons. The van der Waals surface area contributed by atoms with Gasteiger partial charge in [0, 0.05) is 18.1 Å². The molecule has 1 aromatic heterocycles. The minimum absolute atomic E-state index is 0.207. The van der Waals surface area contributed by atoms with Crippen LogP contribution in [-0.2, 0) is 23.1 Å². The van der Waals surface area contributed by atoms with Crippen LogP contribution in [0.2, 0.25) is 5.02 Å². The predicted molar refractivity (Wildman–Crippen MR) is 77.7 cm³/mol. The first-order valence-electron chi connectivity index (χ1n) is 5.53. The van der Waals surface area contributed by atoms with Gasteiger partial charge in [0.15, 0.2) is 0 Å². The fourth-order valence-electron chi connectivity index (χ4n) is 1.50. The summed E-state index contributed by atoms with van der Waals surface area (Å²) >= 11 is 7.01. The van der Waals surface area contributed by atoms with Crippen molar-refractivity contribution >= 4 is 33.0 Å². The van der Waals surface area contributed by atoms with Crippen molar-refractivity contribution in [3.05, 3.63) is 51.9 Å². The van der Waals surface area contributed by atoms with E-state index >= 15 is 0 Å². The van der Waals surface area contributed by atoms with E-state index in [0.717, 1.165) is 22.5 Å². The topological polar surface area (TPSA) is 72.2 Å². The van der Waals surface area contributed by atoms with E-state index in [-0.39, 0.29) is 10.8 Å². The number of benzene rings is 1. The van der Waals surface area contributed by atoms with Crippen LogP contribution in [0.4, 0.5) is 0 Å². The molecule has 0 saturated carbocycles. The Bertz CT molecular complexity index is 668. The van der Waals surface area contributed by atoms with E-state index in [1.54, 1.807) is 29.6 Å². The molecular formula is C12H13ClN2O2S2. The van der Waals surface area contributed by atoms with Gasteiger partial charge >= 0.3 is 0 Å². The summed E-state index contributed by atoms with van der Waals surface area (Å²) in [6, 6.07) is 8.65. The van der Waals surface area contributed by atoms with E-state index in [2.05, 4.69) is 4.72 Å². The molecule has 0 amide bonds. The first-order valence-corrected chi connectivity index (χ1v) is 8.27. The average Bonchev–Trinajstić information content (AvgIpc) is 2.86. The molecule has 0 aliphatic carbocycles. The summed E-state index contributed by atoms with van der Waals surface area (Å²) in [6.45, 7) is 0.541. The zero-order valence-electron chi connectivity index (χ0n) is 9.97. The second-order valence-corrected chi connectivity index (χ2v) is 7.27. The maximum absolute atomic E-state index is 12.0. The maximum atomic E-state index is 12.0. The Morgan fingerprint density at radius 3 is 2.68 bits per heavy atom. The molecule has 0 aliphatic heterocycles. The molecule has 3 N–H and O–H groups in total. The molecule has 0 unspecified atom stereocenters. The fourth-order valence-corrected chi connectivity index (χ4v) is 3.99. The standard InChI is InChI=1S/C12H13ClN2O2S2/c13-11-3-1-2-9(4-11)7-15-19(16,17)12-5-10(6-14)8-18-12/h1-5,8,15H,6-7,14H2. The summed E-state index contributed by atoms with van der Waals surface area (Å²) in [6.07, 6.45) is 0. The van der Waals surface area contributed by atoms with E-state index in [1.165, 1.54) is 0 Å². The van der Waals surface area contributed by atoms with Crippen molar-refractivity contribution in [2.24, 2.45) is 5.73 Å². The zero-order chi connectivity index (χ0) is 13.9. The van der Waals surface area contributed by atoms with Crippen molar-refractivity contribution in [1.82, 2.24) is 4.72 Å². The van der Waals surface area contributed by atoms with Crippen LogP contribution < -0.4 is 10.5 Å². The second-order valence-electron chi connectivity index (χ2n) is 3.93. The van der Waals surface area contributed by atoms with Crippen molar-refractivity contribution < 1.29 is 8.42 Å². The van der Waals surface area contributed by atoms with Crippen molar-refractivity contribution in [2.45, 2.75) is 17.3 Å². The largest absolute Gasteiger partial charge is 0.326 e. The predicted octanol–water partition coefficient (Wildman–Crippen LogP) is 2.34. The van der Waals surface area contributed by atoms with Gasteiger partial charge in [0.25, 0.3) is 0 Å². The Morgan fingerprint density at radius 2 is 2.05 bits per heavy atom. The molecule has 0 fully saturated rings. The number of halogens is 1. The maximum Gasteiger partial charge on any atom is 0.250 e. The summed E-state index contributed by atoms with van der Waals surface area (Å²) in [7, 11) is -3.49. The Morgan fingerprint density at radius 1 is 1.26 bits per heavy atom. The molecule has 0 saturated heterocycles. The van der Waals surface area contributed by atoms with Gasteiger partial charge in [-0.25, -0.2) is 13.1 Å². The molecule has 19 heavy (non-hydrogen) atoms. The first-order chi connectivity index (χ1) is 9.01. The Kier molecular flexibility index (Phi) is 4.59. The van der Waals surface area contributed by atoms with E-state index in [9.17, 15) is 8.42 Å². The Hall–Kier alpha value is -0.920. The van der Waals surface area contributed by atoms with Crippen LogP contribution >= 0.6 is 22.9 Å². The van der Waals surface area contributed by atoms with E-state index in [0.29, 0.717) is 11.6 Å². The van der Waals surface area contributed by atoms with Crippen molar-refractivity contribution in [2.75, 3.05) is 0 Å². The number of nitrogens with two attached hydrogens (primary N) is 1. The summed E-state index contributed by atoms with van der Waals surface area (Å²) < 4.78 is 26.9. The molecule has 1 heterocycles. The summed E-state index contributed by atoms with van der Waals surface area (Å²) in [4.78, 5) is 0. The summed E-state index contributed by atoms with van der Waals surface area (Å²) in [5.41, 5.74) is 7.09. The molecule has 0 aliphatic rings. The minimum atomic E-state index is -3.49. The van der Waals surface area contributed by atoms with Gasteiger partial charge in [0.1, 0.15) is 4.21 Å². The number of sulfonamides is 1. The lowest BCUT2D eigenvalue weighted by Gasteiger charge is -2.05. The van der Waals surface area contributed by atoms with Gasteiger partial charge < -0.3 is 5.73 Å². The SMILES string of the molecule is NCc1csc(S(=O)(=O)NCc2cccc(Cl)c2)c1. The number of hydrogen-bond donors (Lipinski definition) is 2. The third-order valence-electron chi connectivity index (χ3n) is 2.49. The quantitative estimate of drug-likeness (QED) is 0.889. The summed E-state index contributed by atoms with van der Waals surface area (Å²) in [5.74, 6) is 0. The van der Waals surface area contributed by atoms with Gasteiger partial charge in [0.2, 0.25) is 10.0 Å². The van der Waals surface area contributed by atoms with Crippen LogP contribution in [-0.4, -0.2) is 8.42 Å². The van der Waals surface area contributed by atoms with Crippen molar-refractivity contribution in [3.8, 4) is 0 Å². The lowest BCUT2D eigenvalue weighted by molar-refractivity contribution is 0.583. The smallest absolute Gasteiger partial charge is 0.250 e. The van der Waals surface area contributed by atoms with Crippen LogP contribution in [0.15, 0.2) is 39.9 Å². The molecule has 7 heteroatoms. The lowest BCUT2D eigenvalue weighted by atomic mass is 10.2. The second kappa shape index (κ2) is 6.02. The Labute approximate surface area is 121 Å². The highest BCUT2D eigenvalue weighted by molar-refractivity contribution is 7.91. The van der Waals surface area contributed by atoms with E-state index in [4.69, 9.17) is 17.3 Å². The van der Waals surface area contributed by atoms with Gasteiger partial charge in [-0.1, -0.05) is 23.7 Å². The molecule has 1 aromatic carbocycles. The highest BCUT2D eigenvalue weighted by atomic mass is 35.5. The highest BCUT2D eigenvalue weighted by Crippen LogP contribution is 2.20. The zero-order valence-corrected chi connectivity index (χ0v) is 12.4. The normalized spacial score (nSPS) is 11.7. The molecule has 2 rings (SSSR count). The highest BCUT2D eigenvalue weighted by Gasteiger charge is 2.16. The van der Waals surface area contributed by atoms with Crippen LogP contribution in [0.1, 0.15) is 11.1 Å². The number of nitrogens with one attached hydrogen (secondary N) is 1. The van der Waals surface area contributed by atoms with Gasteiger partial charge in [-0.15, -0.1) is 11.3 Å². The van der Waals surface area contributed by atoms with Crippen LogP contribution in [0.5, 0.6) is 0 Å². The van der Waals surface area contributed by atoms with Crippen LogP contribution in [0.3, 0.4) is 0 Å². The molecule has 0 atom stereocenters. The fraction of sp³-hybridized carbons (Fsp3) is 0.167. The van der Waals surface area contributed by atoms with Gasteiger partial charge in [-0.2, -0.15) is 0 Å².